The number of carbonyl (C=O) groups excluding carboxylic acids is 3. The van der Waals surface area contributed by atoms with Crippen molar-refractivity contribution in [2.24, 2.45) is 0 Å². The molecule has 9 nitrogen and oxygen atoms in total. The van der Waals surface area contributed by atoms with Gasteiger partial charge in [-0.2, -0.15) is 5.26 Å². The first kappa shape index (κ1) is 25.7. The van der Waals surface area contributed by atoms with Crippen LogP contribution in [-0.4, -0.2) is 37.6 Å². The second-order valence-corrected chi connectivity index (χ2v) is 7.44. The topological polar surface area (TPSA) is 127 Å². The summed E-state index contributed by atoms with van der Waals surface area (Å²) in [7, 11) is 1.36. The van der Waals surface area contributed by atoms with E-state index in [4.69, 9.17) is 19.5 Å². The van der Waals surface area contributed by atoms with Crippen LogP contribution in [0.3, 0.4) is 0 Å². The highest BCUT2D eigenvalue weighted by molar-refractivity contribution is 5.97. The second-order valence-electron chi connectivity index (χ2n) is 7.44. The van der Waals surface area contributed by atoms with E-state index in [-0.39, 0.29) is 23.7 Å². The molecule has 1 atom stereocenters. The Morgan fingerprint density at radius 2 is 1.72 bits per heavy atom. The molecule has 2 N–H and O–H groups in total. The van der Waals surface area contributed by atoms with E-state index >= 15 is 0 Å². The molecule has 0 saturated heterocycles. The Kier molecular flexibility index (Phi) is 8.56. The molecular weight excluding hydrogens is 469 g/mol. The van der Waals surface area contributed by atoms with Crippen molar-refractivity contribution in [3.63, 3.8) is 0 Å². The third-order valence-corrected chi connectivity index (χ3v) is 4.80. The quantitative estimate of drug-likeness (QED) is 0.435. The van der Waals surface area contributed by atoms with Crippen LogP contribution in [0.1, 0.15) is 22.8 Å². The van der Waals surface area contributed by atoms with Gasteiger partial charge in [-0.25, -0.2) is 9.18 Å². The van der Waals surface area contributed by atoms with Gasteiger partial charge in [-0.3, -0.25) is 9.59 Å². The number of nitrogens with zero attached hydrogens (tertiary/aromatic N) is 1. The number of nitrogens with one attached hydrogen (secondary N) is 2. The van der Waals surface area contributed by atoms with Gasteiger partial charge in [0.05, 0.1) is 24.3 Å². The van der Waals surface area contributed by atoms with Crippen LogP contribution < -0.4 is 20.1 Å². The van der Waals surface area contributed by atoms with Gasteiger partial charge in [0.15, 0.2) is 24.2 Å². The fourth-order valence-electron chi connectivity index (χ4n) is 2.98. The molecule has 0 aliphatic rings. The Balaban J connectivity index is 1.57. The van der Waals surface area contributed by atoms with Gasteiger partial charge < -0.3 is 24.8 Å². The van der Waals surface area contributed by atoms with Crippen molar-refractivity contribution in [2.45, 2.75) is 13.0 Å². The van der Waals surface area contributed by atoms with Crippen molar-refractivity contribution in [1.29, 1.82) is 5.26 Å². The number of hydrogen-bond donors (Lipinski definition) is 2. The molecule has 36 heavy (non-hydrogen) atoms. The molecule has 0 heterocycles. The molecule has 0 fully saturated rings. The zero-order valence-electron chi connectivity index (χ0n) is 19.4. The number of benzene rings is 3. The molecule has 0 aromatic heterocycles. The largest absolute Gasteiger partial charge is 0.493 e. The SMILES string of the molecule is COc1cc(C(=O)OC(C)C(=O)Nc2cccc(C#N)c2)ccc1OCC(=O)Nc1ccc(F)cc1. The number of nitriles is 1. The molecule has 184 valence electrons. The molecule has 3 rings (SSSR count). The van der Waals surface area contributed by atoms with Gasteiger partial charge in [0.25, 0.3) is 11.8 Å². The molecule has 0 spiro atoms. The van der Waals surface area contributed by atoms with Crippen molar-refractivity contribution in [3.05, 3.63) is 83.7 Å². The highest BCUT2D eigenvalue weighted by Crippen LogP contribution is 2.28. The summed E-state index contributed by atoms with van der Waals surface area (Å²) in [6.07, 6.45) is -1.12. The lowest BCUT2D eigenvalue weighted by atomic mass is 10.2. The Morgan fingerprint density at radius 3 is 2.42 bits per heavy atom. The highest BCUT2D eigenvalue weighted by atomic mass is 19.1. The van der Waals surface area contributed by atoms with E-state index in [0.29, 0.717) is 16.9 Å². The Labute approximate surface area is 206 Å². The van der Waals surface area contributed by atoms with E-state index in [1.165, 1.54) is 62.6 Å². The first-order chi connectivity index (χ1) is 17.3. The number of halogens is 1. The number of methoxy groups -OCH3 is 1. The molecule has 0 bridgehead atoms. The number of carbonyl (C=O) groups is 3. The predicted octanol–water partition coefficient (Wildman–Crippen LogP) is 3.91. The summed E-state index contributed by atoms with van der Waals surface area (Å²) in [5.74, 6) is -1.88. The minimum atomic E-state index is -1.12. The monoisotopic (exact) mass is 491 g/mol. The van der Waals surface area contributed by atoms with Gasteiger partial charge in [0, 0.05) is 11.4 Å². The summed E-state index contributed by atoms with van der Waals surface area (Å²) in [6.45, 7) is 1.05. The second kappa shape index (κ2) is 12.0. The molecule has 0 radical (unpaired) electrons. The maximum atomic E-state index is 13.0. The number of ether oxygens (including phenoxy) is 3. The maximum absolute atomic E-state index is 13.0. The average molecular weight is 491 g/mol. The molecule has 10 heteroatoms. The molecule has 0 aliphatic heterocycles. The smallest absolute Gasteiger partial charge is 0.339 e. The summed E-state index contributed by atoms with van der Waals surface area (Å²) in [6, 6.07) is 17.7. The molecule has 0 aliphatic carbocycles. The lowest BCUT2D eigenvalue weighted by Crippen LogP contribution is -2.30. The third-order valence-electron chi connectivity index (χ3n) is 4.80. The van der Waals surface area contributed by atoms with Crippen molar-refractivity contribution < 1.29 is 33.0 Å². The Bertz CT molecular complexity index is 1300. The summed E-state index contributed by atoms with van der Waals surface area (Å²) in [5, 5.41) is 14.1. The summed E-state index contributed by atoms with van der Waals surface area (Å²) >= 11 is 0. The van der Waals surface area contributed by atoms with E-state index in [0.717, 1.165) is 0 Å². The molecule has 1 unspecified atom stereocenters. The van der Waals surface area contributed by atoms with Crippen LogP contribution in [0.5, 0.6) is 11.5 Å². The van der Waals surface area contributed by atoms with Crippen molar-refractivity contribution in [2.75, 3.05) is 24.4 Å². The minimum Gasteiger partial charge on any atom is -0.493 e. The summed E-state index contributed by atoms with van der Waals surface area (Å²) in [4.78, 5) is 37.0. The van der Waals surface area contributed by atoms with Gasteiger partial charge in [0.2, 0.25) is 0 Å². The van der Waals surface area contributed by atoms with Gasteiger partial charge in [-0.05, 0) is 67.6 Å². The molecule has 2 amide bonds. The van der Waals surface area contributed by atoms with E-state index in [1.54, 1.807) is 18.2 Å². The lowest BCUT2D eigenvalue weighted by Gasteiger charge is -2.15. The van der Waals surface area contributed by atoms with Crippen LogP contribution in [0.25, 0.3) is 0 Å². The number of rotatable bonds is 9. The Morgan fingerprint density at radius 1 is 0.972 bits per heavy atom. The van der Waals surface area contributed by atoms with E-state index in [1.807, 2.05) is 6.07 Å². The summed E-state index contributed by atoms with van der Waals surface area (Å²) < 4.78 is 28.9. The first-order valence-corrected chi connectivity index (χ1v) is 10.7. The minimum absolute atomic E-state index is 0.0982. The van der Waals surface area contributed by atoms with Crippen molar-refractivity contribution in [3.8, 4) is 17.6 Å². The Hall–Kier alpha value is -4.91. The fraction of sp³-hybridized carbons (Fsp3) is 0.154. The number of esters is 1. The molecule has 3 aromatic carbocycles. The van der Waals surface area contributed by atoms with Crippen molar-refractivity contribution in [1.82, 2.24) is 0 Å². The highest BCUT2D eigenvalue weighted by Gasteiger charge is 2.21. The number of hydrogen-bond acceptors (Lipinski definition) is 7. The normalized spacial score (nSPS) is 10.9. The van der Waals surface area contributed by atoms with Crippen LogP contribution in [0, 0.1) is 17.1 Å². The van der Waals surface area contributed by atoms with Gasteiger partial charge >= 0.3 is 5.97 Å². The number of amides is 2. The van der Waals surface area contributed by atoms with Crippen molar-refractivity contribution >= 4 is 29.2 Å². The van der Waals surface area contributed by atoms with E-state index < -0.39 is 29.7 Å². The lowest BCUT2D eigenvalue weighted by molar-refractivity contribution is -0.123. The van der Waals surface area contributed by atoms with Crippen LogP contribution in [0.2, 0.25) is 0 Å². The van der Waals surface area contributed by atoms with Crippen LogP contribution in [0.15, 0.2) is 66.7 Å². The van der Waals surface area contributed by atoms with Gasteiger partial charge in [0.1, 0.15) is 5.82 Å². The zero-order chi connectivity index (χ0) is 26.1. The van der Waals surface area contributed by atoms with Crippen LogP contribution in [0.4, 0.5) is 15.8 Å². The average Bonchev–Trinajstić information content (AvgIpc) is 2.88. The van der Waals surface area contributed by atoms with Crippen LogP contribution in [-0.2, 0) is 14.3 Å². The third kappa shape index (κ3) is 7.04. The van der Waals surface area contributed by atoms with Gasteiger partial charge in [-0.1, -0.05) is 6.07 Å². The zero-order valence-corrected chi connectivity index (χ0v) is 19.4. The first-order valence-electron chi connectivity index (χ1n) is 10.7. The molecule has 0 saturated carbocycles. The number of anilines is 2. The maximum Gasteiger partial charge on any atom is 0.339 e. The summed E-state index contributed by atoms with van der Waals surface area (Å²) in [5.41, 5.74) is 1.28. The fourth-order valence-corrected chi connectivity index (χ4v) is 2.98. The predicted molar refractivity (Wildman–Crippen MR) is 128 cm³/mol. The molecule has 3 aromatic rings. The van der Waals surface area contributed by atoms with E-state index in [9.17, 15) is 18.8 Å². The van der Waals surface area contributed by atoms with E-state index in [2.05, 4.69) is 10.6 Å². The molecular formula is C26H22FN3O6. The standard InChI is InChI=1S/C26H22FN3O6/c1-16(25(32)30-21-5-3-4-17(12-21)14-28)36-26(33)18-6-11-22(23(13-18)34-2)35-15-24(31)29-20-9-7-19(27)8-10-20/h3-13,16H,15H2,1-2H3,(H,29,31)(H,30,32). The van der Waals surface area contributed by atoms with Crippen LogP contribution >= 0.6 is 0 Å². The van der Waals surface area contributed by atoms with Gasteiger partial charge in [-0.15, -0.1) is 0 Å².